The fourth-order valence-electron chi connectivity index (χ4n) is 4.73. The third-order valence-corrected chi connectivity index (χ3v) is 7.10. The van der Waals surface area contributed by atoms with Gasteiger partial charge in [-0.15, -0.1) is 0 Å². The number of ether oxygens (including phenoxy) is 1. The van der Waals surface area contributed by atoms with E-state index < -0.39 is 12.0 Å². The minimum absolute atomic E-state index is 0.0426. The Bertz CT molecular complexity index is 1170. The molecule has 0 spiro atoms. The van der Waals surface area contributed by atoms with Gasteiger partial charge in [0.15, 0.2) is 0 Å². The number of hydrogen-bond donors (Lipinski definition) is 3. The Morgan fingerprint density at radius 1 is 1.15 bits per heavy atom. The molecule has 2 amide bonds. The van der Waals surface area contributed by atoms with E-state index in [9.17, 15) is 19.5 Å². The van der Waals surface area contributed by atoms with Crippen LogP contribution >= 0.6 is 0 Å². The van der Waals surface area contributed by atoms with E-state index in [1.165, 1.54) is 0 Å². The number of carbonyl (C=O) groups is 3. The van der Waals surface area contributed by atoms with E-state index in [4.69, 9.17) is 9.84 Å². The maximum absolute atomic E-state index is 13.6. The Morgan fingerprint density at radius 2 is 1.85 bits per heavy atom. The highest BCUT2D eigenvalue weighted by molar-refractivity contribution is 6.00. The molecular weight excluding hydrogens is 512 g/mol. The molecule has 10 nitrogen and oxygen atoms in total. The average molecular weight is 555 g/mol. The summed E-state index contributed by atoms with van der Waals surface area (Å²) in [4.78, 5) is 43.1. The third-order valence-electron chi connectivity index (χ3n) is 7.10. The van der Waals surface area contributed by atoms with Gasteiger partial charge < -0.3 is 30.1 Å². The Kier molecular flexibility index (Phi) is 11.1. The summed E-state index contributed by atoms with van der Waals surface area (Å²) in [6.45, 7) is 6.01. The standard InChI is InChI=1S/C30H42N4O6/c1-20-16-34(21(2)19-35)29(37)25-15-24(31-28(36)7-6-14-32(3)4)12-13-26(25)40-27(20)18-33(5)17-22-8-10-23(11-9-22)30(38)39/h8-13,15,20-21,27,35H,6-7,14,16-19H2,1-5H3,(H,31,36)(H,38,39)/t20-,21-,27-/m1/s1. The first-order valence-corrected chi connectivity index (χ1v) is 13.7. The van der Waals surface area contributed by atoms with Gasteiger partial charge in [-0.3, -0.25) is 14.5 Å². The molecular formula is C30H42N4O6. The van der Waals surface area contributed by atoms with Crippen molar-refractivity contribution in [2.24, 2.45) is 5.92 Å². The van der Waals surface area contributed by atoms with Crippen LogP contribution in [0.15, 0.2) is 42.5 Å². The molecule has 0 aromatic heterocycles. The van der Waals surface area contributed by atoms with Crippen molar-refractivity contribution >= 4 is 23.5 Å². The number of amides is 2. The Hall–Kier alpha value is -3.47. The van der Waals surface area contributed by atoms with Crippen LogP contribution in [0.2, 0.25) is 0 Å². The fraction of sp³-hybridized carbons (Fsp3) is 0.500. The van der Waals surface area contributed by atoms with Gasteiger partial charge in [-0.05, 0) is 76.9 Å². The van der Waals surface area contributed by atoms with Crippen LogP contribution in [0, 0.1) is 5.92 Å². The number of benzene rings is 2. The second kappa shape index (κ2) is 14.2. The van der Waals surface area contributed by atoms with Crippen LogP contribution in [0.4, 0.5) is 5.69 Å². The second-order valence-corrected chi connectivity index (χ2v) is 11.0. The van der Waals surface area contributed by atoms with E-state index in [2.05, 4.69) is 10.2 Å². The number of rotatable bonds is 12. The SMILES string of the molecule is C[C@@H]1CN([C@H](C)CO)C(=O)c2cc(NC(=O)CCCN(C)C)ccc2O[C@@H]1CN(C)Cc1ccc(C(=O)O)cc1. The summed E-state index contributed by atoms with van der Waals surface area (Å²) >= 11 is 0. The molecule has 1 heterocycles. The summed E-state index contributed by atoms with van der Waals surface area (Å²) < 4.78 is 6.44. The minimum Gasteiger partial charge on any atom is -0.488 e. The maximum atomic E-state index is 13.6. The Morgan fingerprint density at radius 3 is 2.48 bits per heavy atom. The summed E-state index contributed by atoms with van der Waals surface area (Å²) in [7, 11) is 5.89. The topological polar surface area (TPSA) is 123 Å². The molecule has 3 atom stereocenters. The number of hydrogen-bond acceptors (Lipinski definition) is 7. The highest BCUT2D eigenvalue weighted by Gasteiger charge is 2.33. The fourth-order valence-corrected chi connectivity index (χ4v) is 4.73. The molecule has 0 radical (unpaired) electrons. The first-order chi connectivity index (χ1) is 19.0. The molecule has 0 aliphatic carbocycles. The molecule has 0 fully saturated rings. The monoisotopic (exact) mass is 554 g/mol. The Labute approximate surface area is 236 Å². The summed E-state index contributed by atoms with van der Waals surface area (Å²) in [6.07, 6.45) is 0.831. The van der Waals surface area contributed by atoms with E-state index in [1.54, 1.807) is 47.4 Å². The van der Waals surface area contributed by atoms with Crippen molar-refractivity contribution in [2.75, 3.05) is 52.7 Å². The number of fused-ring (bicyclic) bond motifs is 1. The quantitative estimate of drug-likeness (QED) is 0.366. The molecule has 1 aliphatic rings. The van der Waals surface area contributed by atoms with Crippen molar-refractivity contribution in [3.05, 3.63) is 59.2 Å². The molecule has 3 rings (SSSR count). The van der Waals surface area contributed by atoms with Crippen LogP contribution in [0.25, 0.3) is 0 Å². The van der Waals surface area contributed by atoms with E-state index >= 15 is 0 Å². The van der Waals surface area contributed by atoms with Crippen LogP contribution < -0.4 is 10.1 Å². The average Bonchev–Trinajstić information content (AvgIpc) is 2.90. The van der Waals surface area contributed by atoms with E-state index in [1.807, 2.05) is 39.9 Å². The molecule has 0 bridgehead atoms. The predicted octanol–water partition coefficient (Wildman–Crippen LogP) is 3.02. The lowest BCUT2D eigenvalue weighted by atomic mass is 9.99. The van der Waals surface area contributed by atoms with Crippen LogP contribution in [0.1, 0.15) is 53.0 Å². The second-order valence-electron chi connectivity index (χ2n) is 11.0. The van der Waals surface area contributed by atoms with Crippen molar-refractivity contribution in [1.29, 1.82) is 0 Å². The van der Waals surface area contributed by atoms with Crippen LogP contribution in [0.5, 0.6) is 5.75 Å². The summed E-state index contributed by atoms with van der Waals surface area (Å²) in [5.41, 5.74) is 2.08. The number of aliphatic hydroxyl groups is 1. The van der Waals surface area contributed by atoms with Gasteiger partial charge in [0.2, 0.25) is 5.91 Å². The van der Waals surface area contributed by atoms with Crippen molar-refractivity contribution < 1.29 is 29.3 Å². The van der Waals surface area contributed by atoms with Crippen LogP contribution in [-0.4, -0.2) is 102 Å². The van der Waals surface area contributed by atoms with Crippen LogP contribution in [-0.2, 0) is 11.3 Å². The van der Waals surface area contributed by atoms with Gasteiger partial charge in [0, 0.05) is 37.7 Å². The van der Waals surface area contributed by atoms with Gasteiger partial charge in [-0.1, -0.05) is 19.1 Å². The molecule has 0 unspecified atom stereocenters. The normalized spacial score (nSPS) is 18.1. The number of nitrogens with one attached hydrogen (secondary N) is 1. The van der Waals surface area contributed by atoms with Crippen molar-refractivity contribution in [1.82, 2.24) is 14.7 Å². The summed E-state index contributed by atoms with van der Waals surface area (Å²) in [5.74, 6) is -0.942. The zero-order valence-corrected chi connectivity index (χ0v) is 24.1. The van der Waals surface area contributed by atoms with Gasteiger partial charge >= 0.3 is 5.97 Å². The summed E-state index contributed by atoms with van der Waals surface area (Å²) in [5, 5.41) is 21.9. The van der Waals surface area contributed by atoms with Crippen LogP contribution in [0.3, 0.4) is 0 Å². The molecule has 0 saturated carbocycles. The van der Waals surface area contributed by atoms with Gasteiger partial charge in [-0.25, -0.2) is 4.79 Å². The number of likely N-dealkylation sites (N-methyl/N-ethyl adjacent to an activating group) is 1. The number of anilines is 1. The third kappa shape index (κ3) is 8.51. The first-order valence-electron chi connectivity index (χ1n) is 13.7. The number of carbonyl (C=O) groups excluding carboxylic acids is 2. The molecule has 2 aromatic rings. The lowest BCUT2D eigenvalue weighted by Gasteiger charge is -2.38. The minimum atomic E-state index is -0.960. The van der Waals surface area contributed by atoms with Gasteiger partial charge in [0.1, 0.15) is 11.9 Å². The lowest BCUT2D eigenvalue weighted by molar-refractivity contribution is -0.116. The number of carboxylic acid groups (broad SMARTS) is 1. The van der Waals surface area contributed by atoms with Gasteiger partial charge in [-0.2, -0.15) is 0 Å². The summed E-state index contributed by atoms with van der Waals surface area (Å²) in [6, 6.07) is 11.5. The highest BCUT2D eigenvalue weighted by Crippen LogP contribution is 2.31. The molecule has 2 aromatic carbocycles. The molecule has 10 heteroatoms. The number of carboxylic acids is 1. The number of nitrogens with zero attached hydrogens (tertiary/aromatic N) is 3. The lowest BCUT2D eigenvalue weighted by Crippen LogP contribution is -2.49. The highest BCUT2D eigenvalue weighted by atomic mass is 16.5. The molecule has 218 valence electrons. The first kappa shape index (κ1) is 31.1. The number of aliphatic hydroxyl groups excluding tert-OH is 1. The zero-order valence-electron chi connectivity index (χ0n) is 24.1. The van der Waals surface area contributed by atoms with E-state index in [-0.39, 0.29) is 36.0 Å². The maximum Gasteiger partial charge on any atom is 0.335 e. The predicted molar refractivity (Wildman–Crippen MR) is 154 cm³/mol. The largest absolute Gasteiger partial charge is 0.488 e. The number of aromatic carboxylic acids is 1. The molecule has 1 aliphatic heterocycles. The molecule has 40 heavy (non-hydrogen) atoms. The van der Waals surface area contributed by atoms with Gasteiger partial charge in [0.05, 0.1) is 23.8 Å². The molecule has 3 N–H and O–H groups in total. The molecule has 0 saturated heterocycles. The van der Waals surface area contributed by atoms with Crippen molar-refractivity contribution in [3.63, 3.8) is 0 Å². The Balaban J connectivity index is 1.80. The van der Waals surface area contributed by atoms with Crippen molar-refractivity contribution in [2.45, 2.75) is 45.4 Å². The smallest absolute Gasteiger partial charge is 0.335 e. The van der Waals surface area contributed by atoms with E-state index in [0.717, 1.165) is 18.5 Å². The van der Waals surface area contributed by atoms with E-state index in [0.29, 0.717) is 43.1 Å². The van der Waals surface area contributed by atoms with Crippen molar-refractivity contribution in [3.8, 4) is 5.75 Å². The zero-order chi connectivity index (χ0) is 29.4. The van der Waals surface area contributed by atoms with Gasteiger partial charge in [0.25, 0.3) is 5.91 Å².